The molecule has 0 aliphatic rings. The van der Waals surface area contributed by atoms with Crippen molar-refractivity contribution in [3.8, 4) is 11.1 Å². The SMILES string of the molecule is CCCn1nc(C(CCC)(OC)OC)nc1Cc1ccc(-c2cnccc2C(=O)O)cc1. The number of aryl methyl sites for hydroxylation is 1. The van der Waals surface area contributed by atoms with Crippen molar-refractivity contribution in [2.24, 2.45) is 0 Å². The highest BCUT2D eigenvalue weighted by atomic mass is 16.7. The highest BCUT2D eigenvalue weighted by Gasteiger charge is 2.36. The number of hydrogen-bond acceptors (Lipinski definition) is 6. The molecule has 1 aromatic carbocycles. The molecule has 0 amide bonds. The maximum absolute atomic E-state index is 11.5. The van der Waals surface area contributed by atoms with Gasteiger partial charge in [-0.2, -0.15) is 5.10 Å². The van der Waals surface area contributed by atoms with Crippen LogP contribution in [0.3, 0.4) is 0 Å². The van der Waals surface area contributed by atoms with Crippen LogP contribution in [-0.2, 0) is 28.2 Å². The van der Waals surface area contributed by atoms with E-state index in [2.05, 4.69) is 18.8 Å². The van der Waals surface area contributed by atoms with Crippen molar-refractivity contribution in [2.75, 3.05) is 14.2 Å². The molecular formula is C24H30N4O4. The van der Waals surface area contributed by atoms with E-state index in [-0.39, 0.29) is 5.56 Å². The van der Waals surface area contributed by atoms with Crippen LogP contribution in [0.2, 0.25) is 0 Å². The number of methoxy groups -OCH3 is 2. The number of carbonyl (C=O) groups is 1. The van der Waals surface area contributed by atoms with E-state index in [1.807, 2.05) is 28.9 Å². The fourth-order valence-electron chi connectivity index (χ4n) is 3.76. The van der Waals surface area contributed by atoms with Gasteiger partial charge < -0.3 is 14.6 Å². The van der Waals surface area contributed by atoms with Crippen LogP contribution in [0, 0.1) is 0 Å². The van der Waals surface area contributed by atoms with Crippen molar-refractivity contribution in [3.63, 3.8) is 0 Å². The van der Waals surface area contributed by atoms with Gasteiger partial charge in [-0.3, -0.25) is 4.98 Å². The predicted octanol–water partition coefficient (Wildman–Crippen LogP) is 4.28. The van der Waals surface area contributed by atoms with Crippen LogP contribution < -0.4 is 0 Å². The molecule has 0 saturated carbocycles. The van der Waals surface area contributed by atoms with Crippen molar-refractivity contribution >= 4 is 5.97 Å². The smallest absolute Gasteiger partial charge is 0.336 e. The Bertz CT molecular complexity index is 1040. The van der Waals surface area contributed by atoms with E-state index in [1.165, 1.54) is 12.3 Å². The van der Waals surface area contributed by atoms with E-state index in [9.17, 15) is 9.90 Å². The average molecular weight is 439 g/mol. The largest absolute Gasteiger partial charge is 0.478 e. The van der Waals surface area contributed by atoms with Crippen LogP contribution in [0.15, 0.2) is 42.7 Å². The highest BCUT2D eigenvalue weighted by molar-refractivity contribution is 5.95. The predicted molar refractivity (Wildman–Crippen MR) is 120 cm³/mol. The molecule has 0 spiro atoms. The maximum Gasteiger partial charge on any atom is 0.336 e. The average Bonchev–Trinajstić information content (AvgIpc) is 3.21. The fraction of sp³-hybridized carbons (Fsp3) is 0.417. The summed E-state index contributed by atoms with van der Waals surface area (Å²) in [6.45, 7) is 4.91. The van der Waals surface area contributed by atoms with Crippen molar-refractivity contribution in [2.45, 2.75) is 51.9 Å². The van der Waals surface area contributed by atoms with E-state index in [0.29, 0.717) is 24.2 Å². The number of pyridine rings is 1. The summed E-state index contributed by atoms with van der Waals surface area (Å²) in [5.74, 6) is -0.568. The first kappa shape index (κ1) is 23.6. The van der Waals surface area contributed by atoms with E-state index in [4.69, 9.17) is 19.6 Å². The first-order chi connectivity index (χ1) is 15.5. The summed E-state index contributed by atoms with van der Waals surface area (Å²) in [6, 6.07) is 9.28. The van der Waals surface area contributed by atoms with Crippen molar-refractivity contribution < 1.29 is 19.4 Å². The molecule has 0 aliphatic heterocycles. The number of carboxylic acid groups (broad SMARTS) is 1. The molecule has 8 nitrogen and oxygen atoms in total. The van der Waals surface area contributed by atoms with E-state index < -0.39 is 11.8 Å². The van der Waals surface area contributed by atoms with Crippen molar-refractivity contribution in [3.05, 3.63) is 65.5 Å². The number of carboxylic acids is 1. The fourth-order valence-corrected chi connectivity index (χ4v) is 3.76. The minimum Gasteiger partial charge on any atom is -0.478 e. The third kappa shape index (κ3) is 4.87. The number of nitrogens with zero attached hydrogens (tertiary/aromatic N) is 4. The van der Waals surface area contributed by atoms with Gasteiger partial charge in [-0.15, -0.1) is 0 Å². The molecule has 0 unspecified atom stereocenters. The molecule has 0 aliphatic carbocycles. The zero-order chi connectivity index (χ0) is 23.1. The molecule has 0 atom stereocenters. The number of aromatic nitrogens is 4. The summed E-state index contributed by atoms with van der Waals surface area (Å²) in [7, 11) is 3.23. The molecule has 2 heterocycles. The van der Waals surface area contributed by atoms with Gasteiger partial charge >= 0.3 is 5.97 Å². The normalized spacial score (nSPS) is 11.6. The van der Waals surface area contributed by atoms with Crippen molar-refractivity contribution in [1.29, 1.82) is 0 Å². The monoisotopic (exact) mass is 438 g/mol. The molecule has 0 radical (unpaired) electrons. The second-order valence-electron chi connectivity index (χ2n) is 7.59. The standard InChI is InChI=1S/C24H30N4O4/c1-5-12-24(31-3,32-4)23-26-21(28(27-23)14-6-2)15-17-7-9-18(10-8-17)20-16-25-13-11-19(20)22(29)30/h7-11,13,16H,5-6,12,14-15H2,1-4H3,(H,29,30). The Hall–Kier alpha value is -3.10. The van der Waals surface area contributed by atoms with Gasteiger partial charge in [-0.1, -0.05) is 44.5 Å². The highest BCUT2D eigenvalue weighted by Crippen LogP contribution is 2.30. The molecule has 2 aromatic heterocycles. The van der Waals surface area contributed by atoms with Crippen LogP contribution in [0.1, 0.15) is 60.7 Å². The molecule has 3 aromatic rings. The van der Waals surface area contributed by atoms with Crippen LogP contribution >= 0.6 is 0 Å². The summed E-state index contributed by atoms with van der Waals surface area (Å²) in [4.78, 5) is 20.4. The number of hydrogen-bond donors (Lipinski definition) is 1. The second kappa shape index (κ2) is 10.5. The van der Waals surface area contributed by atoms with Gasteiger partial charge in [0.05, 0.1) is 5.56 Å². The van der Waals surface area contributed by atoms with Gasteiger partial charge in [0.25, 0.3) is 0 Å². The number of benzene rings is 1. The second-order valence-corrected chi connectivity index (χ2v) is 7.59. The van der Waals surface area contributed by atoms with Crippen LogP contribution in [0.25, 0.3) is 11.1 Å². The van der Waals surface area contributed by atoms with Crippen LogP contribution in [0.5, 0.6) is 0 Å². The Kier molecular flexibility index (Phi) is 7.71. The number of rotatable bonds is 11. The Morgan fingerprint density at radius 1 is 1.09 bits per heavy atom. The third-order valence-corrected chi connectivity index (χ3v) is 5.44. The summed E-state index contributed by atoms with van der Waals surface area (Å²) in [5, 5.41) is 14.1. The van der Waals surface area contributed by atoms with Crippen LogP contribution in [0.4, 0.5) is 0 Å². The Labute approximate surface area is 188 Å². The summed E-state index contributed by atoms with van der Waals surface area (Å²) < 4.78 is 13.3. The van der Waals surface area contributed by atoms with Crippen molar-refractivity contribution in [1.82, 2.24) is 19.7 Å². The number of ether oxygens (including phenoxy) is 2. The summed E-state index contributed by atoms with van der Waals surface area (Å²) in [6.07, 6.45) is 6.09. The molecule has 1 N–H and O–H groups in total. The molecule has 170 valence electrons. The van der Waals surface area contributed by atoms with Crippen LogP contribution in [-0.4, -0.2) is 45.0 Å². The lowest BCUT2D eigenvalue weighted by Crippen LogP contribution is -2.32. The minimum absolute atomic E-state index is 0.228. The Morgan fingerprint density at radius 2 is 1.81 bits per heavy atom. The zero-order valence-electron chi connectivity index (χ0n) is 19.0. The Morgan fingerprint density at radius 3 is 2.41 bits per heavy atom. The lowest BCUT2D eigenvalue weighted by Gasteiger charge is -2.27. The maximum atomic E-state index is 11.5. The van der Waals surface area contributed by atoms with E-state index >= 15 is 0 Å². The first-order valence-corrected chi connectivity index (χ1v) is 10.8. The zero-order valence-corrected chi connectivity index (χ0v) is 19.0. The molecule has 32 heavy (non-hydrogen) atoms. The molecule has 0 fully saturated rings. The molecule has 0 bridgehead atoms. The van der Waals surface area contributed by atoms with Gasteiger partial charge in [0.2, 0.25) is 11.6 Å². The molecular weight excluding hydrogens is 408 g/mol. The summed E-state index contributed by atoms with van der Waals surface area (Å²) >= 11 is 0. The van der Waals surface area contributed by atoms with Gasteiger partial charge in [-0.25, -0.2) is 14.5 Å². The quantitative estimate of drug-likeness (QED) is 0.446. The van der Waals surface area contributed by atoms with E-state index in [0.717, 1.165) is 36.3 Å². The lowest BCUT2D eigenvalue weighted by molar-refractivity contribution is -0.225. The minimum atomic E-state index is -0.974. The lowest BCUT2D eigenvalue weighted by atomic mass is 10.00. The molecule has 8 heteroatoms. The van der Waals surface area contributed by atoms with E-state index in [1.54, 1.807) is 20.4 Å². The first-order valence-electron chi connectivity index (χ1n) is 10.8. The third-order valence-electron chi connectivity index (χ3n) is 5.44. The van der Waals surface area contributed by atoms with Gasteiger partial charge in [0.1, 0.15) is 5.82 Å². The Balaban J connectivity index is 1.90. The number of aromatic carboxylic acids is 1. The summed E-state index contributed by atoms with van der Waals surface area (Å²) in [5.41, 5.74) is 2.66. The molecule has 0 saturated heterocycles. The van der Waals surface area contributed by atoms with Gasteiger partial charge in [0, 0.05) is 51.6 Å². The van der Waals surface area contributed by atoms with Gasteiger partial charge in [0.15, 0.2) is 0 Å². The van der Waals surface area contributed by atoms with Gasteiger partial charge in [-0.05, 0) is 23.6 Å². The topological polar surface area (TPSA) is 99.4 Å². The molecule has 3 rings (SSSR count).